The van der Waals surface area contributed by atoms with Crippen LogP contribution in [0.2, 0.25) is 0 Å². The number of rotatable bonds is 2. The monoisotopic (exact) mass is 295 g/mol. The highest BCUT2D eigenvalue weighted by atomic mass is 16.2. The number of anilines is 2. The summed E-state index contributed by atoms with van der Waals surface area (Å²) in [5.41, 5.74) is 3.54. The van der Waals surface area contributed by atoms with Crippen molar-refractivity contribution in [3.63, 3.8) is 0 Å². The van der Waals surface area contributed by atoms with Crippen molar-refractivity contribution in [1.82, 2.24) is 4.98 Å². The molecule has 0 unspecified atom stereocenters. The fourth-order valence-corrected chi connectivity index (χ4v) is 2.66. The first-order valence-corrected chi connectivity index (χ1v) is 7.19. The first-order chi connectivity index (χ1) is 10.5. The second-order valence-electron chi connectivity index (χ2n) is 5.44. The second-order valence-corrected chi connectivity index (χ2v) is 5.44. The van der Waals surface area contributed by atoms with Gasteiger partial charge in [-0.1, -0.05) is 0 Å². The van der Waals surface area contributed by atoms with E-state index in [0.29, 0.717) is 17.9 Å². The third-order valence-corrected chi connectivity index (χ3v) is 3.77. The van der Waals surface area contributed by atoms with Crippen molar-refractivity contribution in [3.05, 3.63) is 53.2 Å². The van der Waals surface area contributed by atoms with Crippen LogP contribution in [-0.2, 0) is 11.2 Å². The van der Waals surface area contributed by atoms with Crippen molar-refractivity contribution in [3.8, 4) is 0 Å². The maximum absolute atomic E-state index is 12.3. The lowest BCUT2D eigenvalue weighted by atomic mass is 10.1. The van der Waals surface area contributed by atoms with E-state index in [0.717, 1.165) is 23.2 Å². The van der Waals surface area contributed by atoms with Gasteiger partial charge >= 0.3 is 0 Å². The molecule has 112 valence electrons. The van der Waals surface area contributed by atoms with Gasteiger partial charge in [-0.2, -0.15) is 0 Å². The number of hydrogen-bond donors (Lipinski definition) is 1. The topological polar surface area (TPSA) is 62.3 Å². The zero-order chi connectivity index (χ0) is 15.7. The van der Waals surface area contributed by atoms with Gasteiger partial charge in [-0.25, -0.2) is 4.98 Å². The fourth-order valence-electron chi connectivity index (χ4n) is 2.66. The van der Waals surface area contributed by atoms with Crippen molar-refractivity contribution in [2.45, 2.75) is 20.3 Å². The molecule has 5 nitrogen and oxygen atoms in total. The Labute approximate surface area is 129 Å². The largest absolute Gasteiger partial charge is 0.312 e. The number of amides is 2. The summed E-state index contributed by atoms with van der Waals surface area (Å²) in [4.78, 5) is 29.7. The number of nitrogens with zero attached hydrogens (tertiary/aromatic N) is 2. The van der Waals surface area contributed by atoms with Gasteiger partial charge in [-0.05, 0) is 54.8 Å². The van der Waals surface area contributed by atoms with Crippen molar-refractivity contribution in [1.29, 1.82) is 0 Å². The minimum Gasteiger partial charge on any atom is -0.312 e. The molecule has 1 aromatic heterocycles. The van der Waals surface area contributed by atoms with E-state index >= 15 is 0 Å². The second kappa shape index (κ2) is 5.60. The average Bonchev–Trinajstić information content (AvgIpc) is 2.90. The highest BCUT2D eigenvalue weighted by Gasteiger charge is 2.23. The molecule has 0 saturated carbocycles. The van der Waals surface area contributed by atoms with Gasteiger partial charge in [-0.15, -0.1) is 0 Å². The number of benzene rings is 1. The Morgan fingerprint density at radius 1 is 1.23 bits per heavy atom. The Morgan fingerprint density at radius 2 is 2.05 bits per heavy atom. The maximum atomic E-state index is 12.3. The quantitative estimate of drug-likeness (QED) is 0.926. The number of nitrogens with one attached hydrogen (secondary N) is 1. The smallest absolute Gasteiger partial charge is 0.256 e. The predicted octanol–water partition coefficient (Wildman–Crippen LogP) is 2.55. The summed E-state index contributed by atoms with van der Waals surface area (Å²) in [7, 11) is 0. The van der Waals surface area contributed by atoms with E-state index in [2.05, 4.69) is 10.3 Å². The molecule has 0 aliphatic carbocycles. The van der Waals surface area contributed by atoms with Crippen LogP contribution in [0.4, 0.5) is 11.5 Å². The average molecular weight is 295 g/mol. The van der Waals surface area contributed by atoms with Crippen LogP contribution in [0.1, 0.15) is 28.4 Å². The maximum Gasteiger partial charge on any atom is 0.256 e. The summed E-state index contributed by atoms with van der Waals surface area (Å²) in [5.74, 6) is 0.373. The molecule has 0 fully saturated rings. The van der Waals surface area contributed by atoms with Gasteiger partial charge in [-0.3, -0.25) is 9.59 Å². The number of aromatic nitrogens is 1. The SMILES string of the molecule is CC(=O)N1CCc2cc(C(=O)Nc3cc(C)ccn3)ccc21. The lowest BCUT2D eigenvalue weighted by Gasteiger charge is -2.14. The number of aryl methyl sites for hydroxylation is 1. The van der Waals surface area contributed by atoms with Crippen LogP contribution in [0.5, 0.6) is 0 Å². The summed E-state index contributed by atoms with van der Waals surface area (Å²) >= 11 is 0. The van der Waals surface area contributed by atoms with E-state index in [1.165, 1.54) is 0 Å². The van der Waals surface area contributed by atoms with Crippen LogP contribution in [0.3, 0.4) is 0 Å². The minimum atomic E-state index is -0.192. The van der Waals surface area contributed by atoms with Crippen molar-refractivity contribution < 1.29 is 9.59 Å². The third-order valence-electron chi connectivity index (χ3n) is 3.77. The van der Waals surface area contributed by atoms with E-state index in [1.54, 1.807) is 24.1 Å². The minimum absolute atomic E-state index is 0.0277. The van der Waals surface area contributed by atoms with E-state index < -0.39 is 0 Å². The molecule has 1 N–H and O–H groups in total. The summed E-state index contributed by atoms with van der Waals surface area (Å²) in [6, 6.07) is 9.13. The standard InChI is InChI=1S/C17H17N3O2/c1-11-5-7-18-16(9-11)19-17(22)14-3-4-15-13(10-14)6-8-20(15)12(2)21/h3-5,7,9-10H,6,8H2,1-2H3,(H,18,19,22). The number of pyridine rings is 1. The van der Waals surface area contributed by atoms with Gasteiger partial charge in [0.15, 0.2) is 0 Å². The van der Waals surface area contributed by atoms with Crippen molar-refractivity contribution in [2.75, 3.05) is 16.8 Å². The van der Waals surface area contributed by atoms with E-state index in [-0.39, 0.29) is 11.8 Å². The Morgan fingerprint density at radius 3 is 2.77 bits per heavy atom. The Hall–Kier alpha value is -2.69. The molecule has 2 amide bonds. The van der Waals surface area contributed by atoms with Gasteiger partial charge < -0.3 is 10.2 Å². The van der Waals surface area contributed by atoms with Gasteiger partial charge in [0.2, 0.25) is 5.91 Å². The number of hydrogen-bond acceptors (Lipinski definition) is 3. The summed E-state index contributed by atoms with van der Waals surface area (Å²) < 4.78 is 0. The molecule has 5 heteroatoms. The van der Waals surface area contributed by atoms with Crippen LogP contribution in [-0.4, -0.2) is 23.3 Å². The predicted molar refractivity (Wildman–Crippen MR) is 85.1 cm³/mol. The lowest BCUT2D eigenvalue weighted by molar-refractivity contribution is -0.116. The molecule has 3 rings (SSSR count). The fraction of sp³-hybridized carbons (Fsp3) is 0.235. The van der Waals surface area contributed by atoms with Gasteiger partial charge in [0.25, 0.3) is 5.91 Å². The normalized spacial score (nSPS) is 12.9. The Bertz CT molecular complexity index is 755. The summed E-state index contributed by atoms with van der Waals surface area (Å²) in [6.45, 7) is 4.18. The van der Waals surface area contributed by atoms with Crippen LogP contribution in [0.15, 0.2) is 36.5 Å². The molecule has 0 radical (unpaired) electrons. The molecule has 1 aromatic carbocycles. The Balaban J connectivity index is 1.81. The molecule has 1 aliphatic heterocycles. The van der Waals surface area contributed by atoms with Crippen LogP contribution in [0.25, 0.3) is 0 Å². The molecule has 2 aromatic rings. The molecular weight excluding hydrogens is 278 g/mol. The van der Waals surface area contributed by atoms with Crippen LogP contribution >= 0.6 is 0 Å². The zero-order valence-corrected chi connectivity index (χ0v) is 12.6. The van der Waals surface area contributed by atoms with Crippen molar-refractivity contribution in [2.24, 2.45) is 0 Å². The summed E-state index contributed by atoms with van der Waals surface area (Å²) in [6.07, 6.45) is 2.44. The number of fused-ring (bicyclic) bond motifs is 1. The molecule has 0 spiro atoms. The van der Waals surface area contributed by atoms with Crippen LogP contribution in [0, 0.1) is 6.92 Å². The lowest BCUT2D eigenvalue weighted by Crippen LogP contribution is -2.25. The molecule has 0 saturated heterocycles. The number of carbonyl (C=O) groups is 2. The molecule has 1 aliphatic rings. The van der Waals surface area contributed by atoms with Gasteiger partial charge in [0.1, 0.15) is 5.82 Å². The van der Waals surface area contributed by atoms with Gasteiger partial charge in [0.05, 0.1) is 0 Å². The molecule has 22 heavy (non-hydrogen) atoms. The zero-order valence-electron chi connectivity index (χ0n) is 12.6. The highest BCUT2D eigenvalue weighted by molar-refractivity contribution is 6.04. The molecule has 0 bridgehead atoms. The van der Waals surface area contributed by atoms with Crippen molar-refractivity contribution >= 4 is 23.3 Å². The first kappa shape index (κ1) is 14.3. The Kier molecular flexibility index (Phi) is 3.63. The van der Waals surface area contributed by atoms with E-state index in [9.17, 15) is 9.59 Å². The first-order valence-electron chi connectivity index (χ1n) is 7.19. The highest BCUT2D eigenvalue weighted by Crippen LogP contribution is 2.29. The summed E-state index contributed by atoms with van der Waals surface area (Å²) in [5, 5.41) is 2.79. The van der Waals surface area contributed by atoms with Gasteiger partial charge in [0, 0.05) is 30.9 Å². The molecule has 0 atom stereocenters. The van der Waals surface area contributed by atoms with E-state index in [1.807, 2.05) is 31.2 Å². The van der Waals surface area contributed by atoms with E-state index in [4.69, 9.17) is 0 Å². The molecular formula is C17H17N3O2. The number of carbonyl (C=O) groups excluding carboxylic acids is 2. The third kappa shape index (κ3) is 2.70. The molecule has 2 heterocycles. The van der Waals surface area contributed by atoms with Crippen LogP contribution < -0.4 is 10.2 Å².